The molecule has 2 unspecified atom stereocenters. The molecule has 3 N–H and O–H groups in total. The zero-order chi connectivity index (χ0) is 10.8. The van der Waals surface area contributed by atoms with Crippen LogP contribution in [-0.4, -0.2) is 23.1 Å². The number of nitriles is 1. The first kappa shape index (κ1) is 10.2. The van der Waals surface area contributed by atoms with E-state index in [-0.39, 0.29) is 12.1 Å². The third-order valence-corrected chi connectivity index (χ3v) is 3.32. The van der Waals surface area contributed by atoms with Gasteiger partial charge in [-0.25, -0.2) is 0 Å². The van der Waals surface area contributed by atoms with Crippen molar-refractivity contribution in [2.24, 2.45) is 0 Å². The summed E-state index contributed by atoms with van der Waals surface area (Å²) in [5, 5.41) is 12.9. The van der Waals surface area contributed by atoms with Crippen molar-refractivity contribution in [1.29, 1.82) is 5.26 Å². The van der Waals surface area contributed by atoms with E-state index in [1.54, 1.807) is 0 Å². The average Bonchev–Trinajstić information content (AvgIpc) is 2.76. The second-order valence-corrected chi connectivity index (χ2v) is 4.27. The number of hydrogen-bond donors (Lipinski definition) is 2. The zero-order valence-corrected chi connectivity index (χ0v) is 9.17. The van der Waals surface area contributed by atoms with Gasteiger partial charge in [-0.2, -0.15) is 9.64 Å². The minimum atomic E-state index is 0.167. The first-order valence-corrected chi connectivity index (χ1v) is 5.53. The molecular weight excluding hydrogens is 212 g/mol. The van der Waals surface area contributed by atoms with E-state index in [0.29, 0.717) is 11.4 Å². The van der Waals surface area contributed by atoms with E-state index in [1.165, 1.54) is 11.5 Å². The van der Waals surface area contributed by atoms with Crippen molar-refractivity contribution in [3.8, 4) is 6.07 Å². The molecule has 5 nitrogen and oxygen atoms in total. The fraction of sp³-hybridized carbons (Fsp3) is 0.556. The van der Waals surface area contributed by atoms with Crippen LogP contribution in [0.3, 0.4) is 0 Å². The Balaban J connectivity index is 2.14. The Kier molecular flexibility index (Phi) is 2.75. The molecule has 1 aromatic heterocycles. The molecule has 2 atom stereocenters. The average molecular weight is 224 g/mol. The molecule has 0 spiro atoms. The number of nitrogen functional groups attached to an aromatic ring is 1. The van der Waals surface area contributed by atoms with Gasteiger partial charge >= 0.3 is 0 Å². The Labute approximate surface area is 92.0 Å². The van der Waals surface area contributed by atoms with E-state index in [0.717, 1.165) is 18.0 Å². The van der Waals surface area contributed by atoms with E-state index in [2.05, 4.69) is 15.8 Å². The van der Waals surface area contributed by atoms with Crippen LogP contribution in [0.25, 0.3) is 0 Å². The molecule has 2 rings (SSSR count). The molecule has 0 radical (unpaired) electrons. The number of ether oxygens (including phenoxy) is 1. The number of aromatic nitrogens is 1. The molecule has 6 heteroatoms. The standard InChI is InChI=1S/C9H12N4OS/c1-5-7(2-3-14-5)12-9-6(4-10)8(11)13-15-9/h5,7,12H,2-3H2,1H3,(H2,11,13). The summed E-state index contributed by atoms with van der Waals surface area (Å²) in [6, 6.07) is 2.30. The summed E-state index contributed by atoms with van der Waals surface area (Å²) in [5.41, 5.74) is 6.01. The predicted octanol–water partition coefficient (Wildman–Crippen LogP) is 1.19. The van der Waals surface area contributed by atoms with Crippen LogP contribution in [0.2, 0.25) is 0 Å². The molecule has 0 aromatic carbocycles. The van der Waals surface area contributed by atoms with E-state index in [9.17, 15) is 0 Å². The molecule has 80 valence electrons. The Morgan fingerprint density at radius 1 is 1.73 bits per heavy atom. The lowest BCUT2D eigenvalue weighted by Crippen LogP contribution is -2.26. The SMILES string of the molecule is CC1OCCC1Nc1snc(N)c1C#N. The molecule has 1 fully saturated rings. The van der Waals surface area contributed by atoms with Crippen molar-refractivity contribution in [1.82, 2.24) is 4.37 Å². The third-order valence-electron chi connectivity index (χ3n) is 2.52. The maximum Gasteiger partial charge on any atom is 0.157 e. The highest BCUT2D eigenvalue weighted by atomic mass is 32.1. The van der Waals surface area contributed by atoms with Crippen LogP contribution in [-0.2, 0) is 4.74 Å². The second kappa shape index (κ2) is 4.04. The van der Waals surface area contributed by atoms with Gasteiger partial charge in [-0.05, 0) is 24.9 Å². The Bertz CT molecular complexity index is 397. The lowest BCUT2D eigenvalue weighted by Gasteiger charge is -2.15. The highest BCUT2D eigenvalue weighted by molar-refractivity contribution is 7.10. The number of nitrogens with two attached hydrogens (primary N) is 1. The van der Waals surface area contributed by atoms with Gasteiger partial charge in [0.1, 0.15) is 16.6 Å². The number of rotatable bonds is 2. The summed E-state index contributed by atoms with van der Waals surface area (Å²) in [4.78, 5) is 0. The van der Waals surface area contributed by atoms with Crippen molar-refractivity contribution in [2.75, 3.05) is 17.7 Å². The Morgan fingerprint density at radius 2 is 2.53 bits per heavy atom. The maximum atomic E-state index is 8.89. The summed E-state index contributed by atoms with van der Waals surface area (Å²) in [5.74, 6) is 0.302. The summed E-state index contributed by atoms with van der Waals surface area (Å²) < 4.78 is 9.37. The fourth-order valence-electron chi connectivity index (χ4n) is 1.60. The molecular formula is C9H12N4OS. The molecule has 1 aromatic rings. The van der Waals surface area contributed by atoms with E-state index >= 15 is 0 Å². The minimum absolute atomic E-state index is 0.167. The highest BCUT2D eigenvalue weighted by Crippen LogP contribution is 2.28. The number of hydrogen-bond acceptors (Lipinski definition) is 6. The van der Waals surface area contributed by atoms with Gasteiger partial charge in [0.2, 0.25) is 0 Å². The first-order chi connectivity index (χ1) is 7.22. The van der Waals surface area contributed by atoms with Gasteiger partial charge < -0.3 is 15.8 Å². The predicted molar refractivity (Wildman–Crippen MR) is 58.7 cm³/mol. The lowest BCUT2D eigenvalue weighted by atomic mass is 10.1. The third kappa shape index (κ3) is 1.89. The lowest BCUT2D eigenvalue weighted by molar-refractivity contribution is 0.121. The largest absolute Gasteiger partial charge is 0.382 e. The molecule has 0 amide bonds. The molecule has 0 saturated carbocycles. The van der Waals surface area contributed by atoms with Crippen LogP contribution in [0.1, 0.15) is 18.9 Å². The van der Waals surface area contributed by atoms with Crippen LogP contribution in [0, 0.1) is 11.3 Å². The molecule has 2 heterocycles. The van der Waals surface area contributed by atoms with Crippen molar-refractivity contribution in [3.05, 3.63) is 5.56 Å². The van der Waals surface area contributed by atoms with Crippen LogP contribution in [0.15, 0.2) is 0 Å². The van der Waals surface area contributed by atoms with Crippen LogP contribution in [0.5, 0.6) is 0 Å². The summed E-state index contributed by atoms with van der Waals surface area (Å²) >= 11 is 1.23. The van der Waals surface area contributed by atoms with Gasteiger partial charge in [-0.1, -0.05) is 0 Å². The van der Waals surface area contributed by atoms with Gasteiger partial charge in [-0.3, -0.25) is 0 Å². The van der Waals surface area contributed by atoms with E-state index < -0.39 is 0 Å². The van der Waals surface area contributed by atoms with Gasteiger partial charge in [0, 0.05) is 6.61 Å². The van der Waals surface area contributed by atoms with Crippen LogP contribution >= 0.6 is 11.5 Å². The number of nitrogens with one attached hydrogen (secondary N) is 1. The van der Waals surface area contributed by atoms with Gasteiger partial charge in [0.25, 0.3) is 0 Å². The van der Waals surface area contributed by atoms with E-state index in [4.69, 9.17) is 15.7 Å². The van der Waals surface area contributed by atoms with Crippen molar-refractivity contribution in [2.45, 2.75) is 25.5 Å². The summed E-state index contributed by atoms with van der Waals surface area (Å²) in [6.07, 6.45) is 1.11. The van der Waals surface area contributed by atoms with Crippen molar-refractivity contribution in [3.63, 3.8) is 0 Å². The second-order valence-electron chi connectivity index (χ2n) is 3.50. The molecule has 1 saturated heterocycles. The monoisotopic (exact) mass is 224 g/mol. The molecule has 0 bridgehead atoms. The van der Waals surface area contributed by atoms with Crippen LogP contribution in [0.4, 0.5) is 10.8 Å². The minimum Gasteiger partial charge on any atom is -0.382 e. The van der Waals surface area contributed by atoms with Crippen molar-refractivity contribution >= 4 is 22.4 Å². The summed E-state index contributed by atoms with van der Waals surface area (Å²) in [6.45, 7) is 2.77. The maximum absolute atomic E-state index is 8.89. The first-order valence-electron chi connectivity index (χ1n) is 4.75. The highest BCUT2D eigenvalue weighted by Gasteiger charge is 2.25. The number of nitrogens with zero attached hydrogens (tertiary/aromatic N) is 2. The summed E-state index contributed by atoms with van der Waals surface area (Å²) in [7, 11) is 0. The number of anilines is 2. The van der Waals surface area contributed by atoms with Gasteiger partial charge in [0.05, 0.1) is 12.1 Å². The topological polar surface area (TPSA) is 84.0 Å². The molecule has 15 heavy (non-hydrogen) atoms. The van der Waals surface area contributed by atoms with Gasteiger partial charge in [-0.15, -0.1) is 0 Å². The molecule has 1 aliphatic rings. The van der Waals surface area contributed by atoms with Gasteiger partial charge in [0.15, 0.2) is 5.82 Å². The molecule has 0 aliphatic carbocycles. The van der Waals surface area contributed by atoms with E-state index in [1.807, 2.05) is 6.92 Å². The Morgan fingerprint density at radius 3 is 3.13 bits per heavy atom. The smallest absolute Gasteiger partial charge is 0.157 e. The van der Waals surface area contributed by atoms with Crippen molar-refractivity contribution < 1.29 is 4.74 Å². The Hall–Kier alpha value is -1.32. The quantitative estimate of drug-likeness (QED) is 0.788. The fourth-order valence-corrected chi connectivity index (χ4v) is 2.33. The van der Waals surface area contributed by atoms with Crippen LogP contribution < -0.4 is 11.1 Å². The zero-order valence-electron chi connectivity index (χ0n) is 8.36. The molecule has 1 aliphatic heterocycles. The normalized spacial score (nSPS) is 25.1.